The second-order valence-electron chi connectivity index (χ2n) is 7.70. The van der Waals surface area contributed by atoms with E-state index >= 15 is 0 Å². The Morgan fingerprint density at radius 2 is 1.86 bits per heavy atom. The van der Waals surface area contributed by atoms with Crippen LogP contribution in [0.4, 0.5) is 0 Å². The molecule has 29 heavy (non-hydrogen) atoms. The van der Waals surface area contributed by atoms with Gasteiger partial charge in [-0.05, 0) is 29.7 Å². The number of rotatable bonds is 4. The minimum Gasteiger partial charge on any atom is -0.340 e. The van der Waals surface area contributed by atoms with Crippen LogP contribution < -0.4 is 5.56 Å². The summed E-state index contributed by atoms with van der Waals surface area (Å²) in [5.41, 5.74) is 4.97. The number of nitrogens with zero attached hydrogens (tertiary/aromatic N) is 5. The van der Waals surface area contributed by atoms with Crippen molar-refractivity contribution in [1.82, 2.24) is 24.0 Å². The van der Waals surface area contributed by atoms with E-state index in [1.807, 2.05) is 29.9 Å². The fourth-order valence-corrected chi connectivity index (χ4v) is 4.25. The van der Waals surface area contributed by atoms with Crippen molar-refractivity contribution in [2.75, 3.05) is 6.54 Å². The minimum atomic E-state index is 0.0506. The lowest BCUT2D eigenvalue weighted by molar-refractivity contribution is 0.244. The van der Waals surface area contributed by atoms with Gasteiger partial charge in [0.1, 0.15) is 5.65 Å². The monoisotopic (exact) mass is 385 g/mol. The van der Waals surface area contributed by atoms with E-state index in [9.17, 15) is 4.79 Å². The van der Waals surface area contributed by atoms with Gasteiger partial charge in [-0.2, -0.15) is 0 Å². The van der Waals surface area contributed by atoms with E-state index < -0.39 is 0 Å². The highest BCUT2D eigenvalue weighted by atomic mass is 16.1. The van der Waals surface area contributed by atoms with Gasteiger partial charge in [-0.1, -0.05) is 30.3 Å². The Morgan fingerprint density at radius 1 is 1.00 bits per heavy atom. The van der Waals surface area contributed by atoms with Crippen LogP contribution in [0.3, 0.4) is 0 Å². The maximum absolute atomic E-state index is 13.5. The molecule has 6 heteroatoms. The van der Waals surface area contributed by atoms with Gasteiger partial charge in [0, 0.05) is 50.0 Å². The van der Waals surface area contributed by atoms with E-state index in [1.165, 1.54) is 5.56 Å². The van der Waals surface area contributed by atoms with Crippen LogP contribution in [0.1, 0.15) is 22.4 Å². The van der Waals surface area contributed by atoms with E-state index in [2.05, 4.69) is 45.2 Å². The number of imidazole rings is 1. The first-order valence-electron chi connectivity index (χ1n) is 9.91. The summed E-state index contributed by atoms with van der Waals surface area (Å²) >= 11 is 0. The Bertz CT molecular complexity index is 1230. The molecule has 0 bridgehead atoms. The third-order valence-electron chi connectivity index (χ3n) is 5.62. The average molecular weight is 385 g/mol. The lowest BCUT2D eigenvalue weighted by Gasteiger charge is -2.29. The quantitative estimate of drug-likeness (QED) is 0.542. The fourth-order valence-electron chi connectivity index (χ4n) is 4.25. The standard InChI is InChI=1S/C23H23N5O/c1-26-13-18(25-16-26)14-28-22-20(8-5-10-24-22)19-9-11-27(15-21(19)23(28)29)12-17-6-3-2-4-7-17/h2-8,10,13,16H,9,11-12,14-15H2,1H3. The molecule has 1 aliphatic rings. The van der Waals surface area contributed by atoms with Gasteiger partial charge in [0.15, 0.2) is 0 Å². The minimum absolute atomic E-state index is 0.0506. The summed E-state index contributed by atoms with van der Waals surface area (Å²) in [5, 5.41) is 1.08. The molecule has 4 heterocycles. The lowest BCUT2D eigenvalue weighted by Crippen LogP contribution is -2.37. The van der Waals surface area contributed by atoms with Gasteiger partial charge >= 0.3 is 0 Å². The van der Waals surface area contributed by atoms with Gasteiger partial charge < -0.3 is 4.57 Å². The SMILES string of the molecule is Cn1cnc(Cn2c(=O)c3c(c4cccnc42)CCN(Cc2ccccc2)C3)c1. The normalized spacial score (nSPS) is 14.2. The number of pyridine rings is 2. The summed E-state index contributed by atoms with van der Waals surface area (Å²) in [7, 11) is 1.93. The largest absolute Gasteiger partial charge is 0.340 e. The molecular formula is C23H23N5O. The first kappa shape index (κ1) is 17.8. The Balaban J connectivity index is 1.57. The Morgan fingerprint density at radius 3 is 2.66 bits per heavy atom. The lowest BCUT2D eigenvalue weighted by atomic mass is 9.97. The topological polar surface area (TPSA) is 56.0 Å². The van der Waals surface area contributed by atoms with Gasteiger partial charge in [0.25, 0.3) is 5.56 Å². The molecule has 6 nitrogen and oxygen atoms in total. The number of aryl methyl sites for hydroxylation is 1. The van der Waals surface area contributed by atoms with Crippen molar-refractivity contribution in [3.8, 4) is 0 Å². The van der Waals surface area contributed by atoms with Gasteiger partial charge in [-0.15, -0.1) is 0 Å². The van der Waals surface area contributed by atoms with Crippen LogP contribution in [0.5, 0.6) is 0 Å². The van der Waals surface area contributed by atoms with Crippen LogP contribution in [-0.2, 0) is 33.1 Å². The van der Waals surface area contributed by atoms with Gasteiger partial charge in [0.05, 0.1) is 18.6 Å². The second kappa shape index (κ2) is 7.29. The van der Waals surface area contributed by atoms with Crippen LogP contribution in [0, 0.1) is 0 Å². The molecule has 0 spiro atoms. The molecule has 1 aliphatic heterocycles. The molecule has 0 fully saturated rings. The zero-order valence-corrected chi connectivity index (χ0v) is 16.5. The Hall–Kier alpha value is -3.25. The predicted octanol–water partition coefficient (Wildman–Crippen LogP) is 2.74. The molecule has 0 amide bonds. The van der Waals surface area contributed by atoms with Crippen molar-refractivity contribution in [3.05, 3.63) is 93.9 Å². The summed E-state index contributed by atoms with van der Waals surface area (Å²) < 4.78 is 3.68. The van der Waals surface area contributed by atoms with E-state index in [1.54, 1.807) is 17.1 Å². The van der Waals surface area contributed by atoms with Crippen molar-refractivity contribution < 1.29 is 0 Å². The summed E-state index contributed by atoms with van der Waals surface area (Å²) in [5.74, 6) is 0. The van der Waals surface area contributed by atoms with E-state index in [0.717, 1.165) is 47.4 Å². The number of fused-ring (bicyclic) bond motifs is 3. The molecule has 146 valence electrons. The summed E-state index contributed by atoms with van der Waals surface area (Å²) in [6.45, 7) is 2.88. The van der Waals surface area contributed by atoms with Crippen LogP contribution in [0.15, 0.2) is 66.0 Å². The highest BCUT2D eigenvalue weighted by Gasteiger charge is 2.24. The molecule has 0 atom stereocenters. The number of benzene rings is 1. The highest BCUT2D eigenvalue weighted by Crippen LogP contribution is 2.25. The van der Waals surface area contributed by atoms with Crippen molar-refractivity contribution in [3.63, 3.8) is 0 Å². The summed E-state index contributed by atoms with van der Waals surface area (Å²) in [6.07, 6.45) is 6.33. The van der Waals surface area contributed by atoms with Crippen molar-refractivity contribution in [1.29, 1.82) is 0 Å². The van der Waals surface area contributed by atoms with E-state index in [-0.39, 0.29) is 5.56 Å². The molecule has 1 aromatic carbocycles. The van der Waals surface area contributed by atoms with Gasteiger partial charge in [0.2, 0.25) is 0 Å². The molecule has 0 N–H and O–H groups in total. The van der Waals surface area contributed by atoms with E-state index in [0.29, 0.717) is 13.1 Å². The first-order chi connectivity index (χ1) is 14.2. The zero-order chi connectivity index (χ0) is 19.8. The molecule has 0 radical (unpaired) electrons. The van der Waals surface area contributed by atoms with Crippen molar-refractivity contribution in [2.45, 2.75) is 26.1 Å². The molecule has 0 saturated carbocycles. The number of hydrogen-bond donors (Lipinski definition) is 0. The van der Waals surface area contributed by atoms with E-state index in [4.69, 9.17) is 0 Å². The third kappa shape index (κ3) is 3.36. The molecule has 0 unspecified atom stereocenters. The molecule has 0 saturated heterocycles. The highest BCUT2D eigenvalue weighted by molar-refractivity contribution is 5.80. The number of aromatic nitrogens is 4. The van der Waals surface area contributed by atoms with Crippen molar-refractivity contribution in [2.24, 2.45) is 7.05 Å². The maximum atomic E-state index is 13.5. The van der Waals surface area contributed by atoms with Gasteiger partial charge in [-0.3, -0.25) is 14.3 Å². The molecule has 5 rings (SSSR count). The predicted molar refractivity (Wildman–Crippen MR) is 113 cm³/mol. The Kier molecular flexibility index (Phi) is 4.48. The second-order valence-corrected chi connectivity index (χ2v) is 7.70. The smallest absolute Gasteiger partial charge is 0.257 e. The number of hydrogen-bond acceptors (Lipinski definition) is 4. The molecule has 4 aromatic rings. The van der Waals surface area contributed by atoms with Crippen LogP contribution in [0.25, 0.3) is 11.0 Å². The van der Waals surface area contributed by atoms with Crippen LogP contribution >= 0.6 is 0 Å². The molecule has 0 aliphatic carbocycles. The summed E-state index contributed by atoms with van der Waals surface area (Å²) in [4.78, 5) is 24.8. The maximum Gasteiger partial charge on any atom is 0.257 e. The zero-order valence-electron chi connectivity index (χ0n) is 16.5. The molecule has 3 aromatic heterocycles. The summed E-state index contributed by atoms with van der Waals surface area (Å²) in [6, 6.07) is 14.5. The average Bonchev–Trinajstić information content (AvgIpc) is 3.16. The first-order valence-corrected chi connectivity index (χ1v) is 9.91. The van der Waals surface area contributed by atoms with Crippen molar-refractivity contribution >= 4 is 11.0 Å². The fraction of sp³-hybridized carbons (Fsp3) is 0.261. The third-order valence-corrected chi connectivity index (χ3v) is 5.62. The molecular weight excluding hydrogens is 362 g/mol. The van der Waals surface area contributed by atoms with Crippen LogP contribution in [-0.4, -0.2) is 30.5 Å². The Labute approximate surface area is 169 Å². The van der Waals surface area contributed by atoms with Gasteiger partial charge in [-0.25, -0.2) is 9.97 Å². The van der Waals surface area contributed by atoms with Crippen LogP contribution in [0.2, 0.25) is 0 Å².